The Hall–Kier alpha value is -2.57. The van der Waals surface area contributed by atoms with E-state index in [9.17, 15) is 14.4 Å². The number of esters is 1. The van der Waals surface area contributed by atoms with Crippen molar-refractivity contribution in [3.8, 4) is 5.75 Å². The maximum absolute atomic E-state index is 11.5. The predicted octanol–water partition coefficient (Wildman–Crippen LogP) is 0.0116. The van der Waals surface area contributed by atoms with Gasteiger partial charge in [0.05, 0.1) is 25.3 Å². The number of H-pyrrole nitrogens is 2. The van der Waals surface area contributed by atoms with E-state index in [4.69, 9.17) is 4.74 Å². The molecule has 2 aromatic rings. The van der Waals surface area contributed by atoms with Crippen LogP contribution in [0.5, 0.6) is 5.75 Å². The fourth-order valence-electron chi connectivity index (χ4n) is 1.58. The van der Waals surface area contributed by atoms with Crippen LogP contribution in [0.4, 0.5) is 0 Å². The topological polar surface area (TPSA) is 101 Å². The standard InChI is InChI=1S/C11H10N2O5/c1-17-8-4-7-6(3-5(8)11(16)18-2)12-9(14)10(15)13-7/h3-4H,1-2H3,(H,12,14)(H,13,15). The molecule has 1 heterocycles. The largest absolute Gasteiger partial charge is 0.496 e. The first kappa shape index (κ1) is 11.9. The maximum Gasteiger partial charge on any atom is 0.341 e. The van der Waals surface area contributed by atoms with Crippen molar-refractivity contribution < 1.29 is 14.3 Å². The van der Waals surface area contributed by atoms with Crippen molar-refractivity contribution in [3.63, 3.8) is 0 Å². The Morgan fingerprint density at radius 3 is 2.11 bits per heavy atom. The molecule has 2 N–H and O–H groups in total. The van der Waals surface area contributed by atoms with Gasteiger partial charge in [-0.15, -0.1) is 0 Å². The molecule has 0 amide bonds. The highest BCUT2D eigenvalue weighted by atomic mass is 16.5. The Morgan fingerprint density at radius 2 is 1.61 bits per heavy atom. The number of nitrogens with one attached hydrogen (secondary N) is 2. The van der Waals surface area contributed by atoms with Crippen LogP contribution in [0.1, 0.15) is 10.4 Å². The van der Waals surface area contributed by atoms with Crippen LogP contribution in [0.25, 0.3) is 11.0 Å². The summed E-state index contributed by atoms with van der Waals surface area (Å²) >= 11 is 0. The number of fused-ring (bicyclic) bond motifs is 1. The summed E-state index contributed by atoms with van der Waals surface area (Å²) in [7, 11) is 2.62. The zero-order valence-corrected chi connectivity index (χ0v) is 9.70. The zero-order valence-electron chi connectivity index (χ0n) is 9.70. The van der Waals surface area contributed by atoms with E-state index in [0.717, 1.165) is 0 Å². The Balaban J connectivity index is 2.81. The predicted molar refractivity (Wildman–Crippen MR) is 63.1 cm³/mol. The van der Waals surface area contributed by atoms with Gasteiger partial charge in [0.15, 0.2) is 0 Å². The van der Waals surface area contributed by atoms with Crippen LogP contribution in [0.3, 0.4) is 0 Å². The summed E-state index contributed by atoms with van der Waals surface area (Å²) in [4.78, 5) is 38.6. The summed E-state index contributed by atoms with van der Waals surface area (Å²) in [5.41, 5.74) is -0.709. The first-order chi connectivity index (χ1) is 8.56. The molecule has 0 unspecified atom stereocenters. The SMILES string of the molecule is COC(=O)c1cc2[nH]c(=O)c(=O)[nH]c2cc1OC. The molecule has 7 heteroatoms. The third-order valence-electron chi connectivity index (χ3n) is 2.45. The number of aromatic amines is 2. The number of rotatable bonds is 2. The fourth-order valence-corrected chi connectivity index (χ4v) is 1.58. The van der Waals surface area contributed by atoms with Gasteiger partial charge in [0.2, 0.25) is 0 Å². The quantitative estimate of drug-likeness (QED) is 0.577. The number of methoxy groups -OCH3 is 2. The normalized spacial score (nSPS) is 10.3. The molecule has 0 spiro atoms. The smallest absolute Gasteiger partial charge is 0.341 e. The van der Waals surface area contributed by atoms with Crippen molar-refractivity contribution in [2.45, 2.75) is 0 Å². The summed E-state index contributed by atoms with van der Waals surface area (Å²) < 4.78 is 9.63. The molecular weight excluding hydrogens is 240 g/mol. The molecule has 94 valence electrons. The van der Waals surface area contributed by atoms with Gasteiger partial charge >= 0.3 is 17.1 Å². The third kappa shape index (κ3) is 1.86. The minimum Gasteiger partial charge on any atom is -0.496 e. The van der Waals surface area contributed by atoms with E-state index in [1.54, 1.807) is 0 Å². The first-order valence-corrected chi connectivity index (χ1v) is 4.99. The van der Waals surface area contributed by atoms with Crippen LogP contribution in [-0.4, -0.2) is 30.2 Å². The van der Waals surface area contributed by atoms with Crippen LogP contribution in [0.2, 0.25) is 0 Å². The van der Waals surface area contributed by atoms with Crippen LogP contribution >= 0.6 is 0 Å². The van der Waals surface area contributed by atoms with Crippen molar-refractivity contribution in [1.82, 2.24) is 9.97 Å². The number of hydrogen-bond acceptors (Lipinski definition) is 5. The molecule has 18 heavy (non-hydrogen) atoms. The molecule has 7 nitrogen and oxygen atoms in total. The molecule has 2 rings (SSSR count). The second-order valence-electron chi connectivity index (χ2n) is 3.50. The van der Waals surface area contributed by atoms with Crippen LogP contribution < -0.4 is 15.9 Å². The summed E-state index contributed by atoms with van der Waals surface area (Å²) in [6.07, 6.45) is 0. The summed E-state index contributed by atoms with van der Waals surface area (Å²) in [6, 6.07) is 2.83. The number of ether oxygens (including phenoxy) is 2. The fraction of sp³-hybridized carbons (Fsp3) is 0.182. The summed E-state index contributed by atoms with van der Waals surface area (Å²) in [6.45, 7) is 0. The molecule has 0 radical (unpaired) electrons. The lowest BCUT2D eigenvalue weighted by atomic mass is 10.1. The van der Waals surface area contributed by atoms with Gasteiger partial charge in [0.1, 0.15) is 11.3 Å². The van der Waals surface area contributed by atoms with E-state index in [1.165, 1.54) is 26.4 Å². The van der Waals surface area contributed by atoms with Crippen LogP contribution in [-0.2, 0) is 4.74 Å². The van der Waals surface area contributed by atoms with Gasteiger partial charge in [-0.3, -0.25) is 9.59 Å². The van der Waals surface area contributed by atoms with Gasteiger partial charge in [-0.1, -0.05) is 0 Å². The van der Waals surface area contributed by atoms with Crippen LogP contribution in [0.15, 0.2) is 21.7 Å². The number of carbonyl (C=O) groups excluding carboxylic acids is 1. The molecular formula is C11H10N2O5. The van der Waals surface area contributed by atoms with E-state index < -0.39 is 17.1 Å². The van der Waals surface area contributed by atoms with Crippen molar-refractivity contribution >= 4 is 17.0 Å². The van der Waals surface area contributed by atoms with Gasteiger partial charge in [-0.25, -0.2) is 4.79 Å². The number of benzene rings is 1. The average Bonchev–Trinajstić information content (AvgIpc) is 2.38. The minimum absolute atomic E-state index is 0.162. The van der Waals surface area contributed by atoms with Crippen LogP contribution in [0, 0.1) is 0 Å². The highest BCUT2D eigenvalue weighted by molar-refractivity contribution is 5.96. The summed E-state index contributed by atoms with van der Waals surface area (Å²) in [5, 5.41) is 0. The van der Waals surface area contributed by atoms with Crippen molar-refractivity contribution in [2.75, 3.05) is 14.2 Å². The molecule has 0 aliphatic carbocycles. The molecule has 0 atom stereocenters. The molecule has 1 aromatic heterocycles. The number of hydrogen-bond donors (Lipinski definition) is 2. The molecule has 0 aliphatic rings. The Bertz CT molecular complexity index is 728. The molecule has 0 saturated carbocycles. The Kier molecular flexibility index (Phi) is 2.88. The molecule has 0 saturated heterocycles. The lowest BCUT2D eigenvalue weighted by Gasteiger charge is -2.08. The minimum atomic E-state index is -0.788. The first-order valence-electron chi connectivity index (χ1n) is 4.99. The van der Waals surface area contributed by atoms with Gasteiger partial charge in [-0.2, -0.15) is 0 Å². The summed E-state index contributed by atoms with van der Waals surface area (Å²) in [5.74, 6) is -0.349. The Morgan fingerprint density at radius 1 is 1.06 bits per heavy atom. The van der Waals surface area contributed by atoms with Crippen molar-refractivity contribution in [3.05, 3.63) is 38.4 Å². The molecule has 0 aliphatic heterocycles. The molecule has 1 aromatic carbocycles. The monoisotopic (exact) mass is 250 g/mol. The second-order valence-corrected chi connectivity index (χ2v) is 3.50. The van der Waals surface area contributed by atoms with Gasteiger partial charge < -0.3 is 19.4 Å². The van der Waals surface area contributed by atoms with Crippen molar-refractivity contribution in [1.29, 1.82) is 0 Å². The maximum atomic E-state index is 11.5. The van der Waals surface area contributed by atoms with Gasteiger partial charge in [-0.05, 0) is 6.07 Å². The zero-order chi connectivity index (χ0) is 13.3. The van der Waals surface area contributed by atoms with E-state index in [2.05, 4.69) is 14.7 Å². The van der Waals surface area contributed by atoms with Gasteiger partial charge in [0.25, 0.3) is 0 Å². The van der Waals surface area contributed by atoms with E-state index in [-0.39, 0.29) is 11.3 Å². The second kappa shape index (κ2) is 4.36. The number of carbonyl (C=O) groups is 1. The highest BCUT2D eigenvalue weighted by Crippen LogP contribution is 2.23. The molecule has 0 bridgehead atoms. The highest BCUT2D eigenvalue weighted by Gasteiger charge is 2.15. The van der Waals surface area contributed by atoms with E-state index in [1.807, 2.05) is 0 Å². The lowest BCUT2D eigenvalue weighted by molar-refractivity contribution is 0.0597. The van der Waals surface area contributed by atoms with Gasteiger partial charge in [0, 0.05) is 6.07 Å². The number of aromatic nitrogens is 2. The van der Waals surface area contributed by atoms with E-state index >= 15 is 0 Å². The average molecular weight is 250 g/mol. The molecule has 0 fully saturated rings. The Labute approximate surface area is 100 Å². The van der Waals surface area contributed by atoms with E-state index in [0.29, 0.717) is 11.0 Å². The lowest BCUT2D eigenvalue weighted by Crippen LogP contribution is -2.29. The van der Waals surface area contributed by atoms with Crippen molar-refractivity contribution in [2.24, 2.45) is 0 Å². The third-order valence-corrected chi connectivity index (χ3v) is 2.45.